The molecule has 0 aliphatic heterocycles. The van der Waals surface area contributed by atoms with Gasteiger partial charge in [-0.25, -0.2) is 9.79 Å². The van der Waals surface area contributed by atoms with Crippen molar-refractivity contribution in [1.29, 1.82) is 0 Å². The highest BCUT2D eigenvalue weighted by atomic mass is 16.5. The Balaban J connectivity index is 2.33. The zero-order chi connectivity index (χ0) is 23.3. The number of carbonyl (C=O) groups is 3. The molecule has 8 nitrogen and oxygen atoms in total. The van der Waals surface area contributed by atoms with E-state index in [1.54, 1.807) is 30.3 Å². The summed E-state index contributed by atoms with van der Waals surface area (Å²) in [6.07, 6.45) is 5.54. The van der Waals surface area contributed by atoms with Gasteiger partial charge in [-0.3, -0.25) is 9.59 Å². The number of amides is 1. The van der Waals surface area contributed by atoms with Gasteiger partial charge in [-0.1, -0.05) is 30.3 Å². The maximum atomic E-state index is 12.2. The molecule has 8 heteroatoms. The minimum absolute atomic E-state index is 0.0461. The number of carboxylic acid groups (broad SMARTS) is 1. The van der Waals surface area contributed by atoms with Crippen molar-refractivity contribution in [2.45, 2.75) is 6.92 Å². The summed E-state index contributed by atoms with van der Waals surface area (Å²) in [5.74, 6) is -1.98. The summed E-state index contributed by atoms with van der Waals surface area (Å²) in [4.78, 5) is 39.7. The van der Waals surface area contributed by atoms with Gasteiger partial charge in [0.05, 0.1) is 18.4 Å². The van der Waals surface area contributed by atoms with Gasteiger partial charge in [-0.2, -0.15) is 0 Å². The van der Waals surface area contributed by atoms with Gasteiger partial charge in [0.2, 0.25) is 11.7 Å². The normalized spacial score (nSPS) is 14.8. The Bertz CT molecular complexity index is 1220. The van der Waals surface area contributed by atoms with Crippen LogP contribution in [0.3, 0.4) is 0 Å². The van der Waals surface area contributed by atoms with E-state index in [1.807, 2.05) is 0 Å². The Labute approximate surface area is 183 Å². The van der Waals surface area contributed by atoms with Gasteiger partial charge in [0.1, 0.15) is 11.4 Å². The summed E-state index contributed by atoms with van der Waals surface area (Å²) in [5.41, 5.74) is 2.21. The predicted octanol–water partition coefficient (Wildman–Crippen LogP) is 3.55. The molecule has 1 aliphatic carbocycles. The Kier molecular flexibility index (Phi) is 6.65. The van der Waals surface area contributed by atoms with Crippen molar-refractivity contribution in [3.63, 3.8) is 0 Å². The molecule has 0 atom stereocenters. The lowest BCUT2D eigenvalue weighted by molar-refractivity contribution is -0.114. The third-order valence-electron chi connectivity index (χ3n) is 4.57. The first-order chi connectivity index (χ1) is 15.3. The maximum Gasteiger partial charge on any atom is 0.336 e. The van der Waals surface area contributed by atoms with Crippen molar-refractivity contribution in [3.8, 4) is 5.75 Å². The number of benzene rings is 2. The molecular formula is C24H20N2O6. The number of aliphatic imine (C=N–C) groups is 1. The van der Waals surface area contributed by atoms with E-state index in [-0.39, 0.29) is 34.4 Å². The summed E-state index contributed by atoms with van der Waals surface area (Å²) in [5, 5.41) is 22.4. The average Bonchev–Trinajstić information content (AvgIpc) is 2.76. The number of ether oxygens (including phenoxy) is 1. The van der Waals surface area contributed by atoms with Crippen molar-refractivity contribution >= 4 is 35.3 Å². The van der Waals surface area contributed by atoms with Crippen LogP contribution in [0.2, 0.25) is 0 Å². The summed E-state index contributed by atoms with van der Waals surface area (Å²) in [7, 11) is 1.40. The molecule has 0 heterocycles. The van der Waals surface area contributed by atoms with Crippen LogP contribution in [0.4, 0.5) is 5.69 Å². The van der Waals surface area contributed by atoms with Crippen molar-refractivity contribution in [3.05, 3.63) is 88.7 Å². The van der Waals surface area contributed by atoms with Crippen molar-refractivity contribution in [2.75, 3.05) is 12.4 Å². The van der Waals surface area contributed by atoms with E-state index >= 15 is 0 Å². The first-order valence-corrected chi connectivity index (χ1v) is 9.49. The number of phenolic OH excluding ortho intramolecular Hbond substituents is 1. The highest BCUT2D eigenvalue weighted by Gasteiger charge is 2.21. The lowest BCUT2D eigenvalue weighted by Gasteiger charge is -2.17. The Morgan fingerprint density at radius 1 is 1.09 bits per heavy atom. The van der Waals surface area contributed by atoms with Gasteiger partial charge in [-0.05, 0) is 52.6 Å². The van der Waals surface area contributed by atoms with E-state index in [9.17, 15) is 24.6 Å². The maximum absolute atomic E-state index is 12.2. The fraction of sp³-hybridized carbons (Fsp3) is 0.0833. The number of aromatic hydroxyl groups is 1. The molecule has 0 aromatic heterocycles. The second-order valence-corrected chi connectivity index (χ2v) is 6.79. The van der Waals surface area contributed by atoms with E-state index in [1.165, 1.54) is 44.4 Å². The van der Waals surface area contributed by atoms with Crippen molar-refractivity contribution in [1.82, 2.24) is 0 Å². The molecule has 2 aromatic carbocycles. The van der Waals surface area contributed by atoms with Crippen LogP contribution in [-0.4, -0.2) is 41.4 Å². The first-order valence-electron chi connectivity index (χ1n) is 9.49. The topological polar surface area (TPSA) is 125 Å². The van der Waals surface area contributed by atoms with E-state index in [0.29, 0.717) is 22.3 Å². The number of methoxy groups -OCH3 is 1. The van der Waals surface area contributed by atoms with Gasteiger partial charge >= 0.3 is 5.97 Å². The van der Waals surface area contributed by atoms with E-state index in [4.69, 9.17) is 4.74 Å². The number of allylic oxidation sites excluding steroid dienone is 4. The first kappa shape index (κ1) is 22.2. The van der Waals surface area contributed by atoms with Crippen LogP contribution in [0.15, 0.2) is 77.0 Å². The number of rotatable bonds is 6. The summed E-state index contributed by atoms with van der Waals surface area (Å²) in [6, 6.07) is 11.0. The number of phenols is 1. The van der Waals surface area contributed by atoms with Crippen LogP contribution >= 0.6 is 0 Å². The van der Waals surface area contributed by atoms with Crippen LogP contribution in [0.5, 0.6) is 5.75 Å². The quantitative estimate of drug-likeness (QED) is 0.364. The zero-order valence-corrected chi connectivity index (χ0v) is 17.3. The second kappa shape index (κ2) is 9.57. The van der Waals surface area contributed by atoms with Gasteiger partial charge in [0.25, 0.3) is 0 Å². The monoisotopic (exact) mass is 432 g/mol. The minimum atomic E-state index is -1.13. The lowest BCUT2D eigenvalue weighted by Crippen LogP contribution is -2.08. The highest BCUT2D eigenvalue weighted by Crippen LogP contribution is 2.36. The SMILES string of the molecule is COC=NC1=CC(=C(c2ccc(O)c(NC(C)=O)c2)c2ccccc2C(=O)O)C=CC1=O. The molecule has 0 bridgehead atoms. The number of carboxylic acids is 1. The third-order valence-corrected chi connectivity index (χ3v) is 4.57. The predicted molar refractivity (Wildman–Crippen MR) is 120 cm³/mol. The fourth-order valence-corrected chi connectivity index (χ4v) is 3.23. The molecule has 1 aliphatic rings. The average molecular weight is 432 g/mol. The molecule has 0 unspecified atom stereocenters. The number of hydrogen-bond acceptors (Lipinski definition) is 6. The molecule has 0 saturated heterocycles. The molecule has 3 rings (SSSR count). The van der Waals surface area contributed by atoms with Crippen LogP contribution in [-0.2, 0) is 14.3 Å². The van der Waals surface area contributed by atoms with E-state index < -0.39 is 5.97 Å². The molecule has 162 valence electrons. The molecule has 32 heavy (non-hydrogen) atoms. The Hall–Kier alpha value is -4.46. The van der Waals surface area contributed by atoms with Crippen LogP contribution < -0.4 is 5.32 Å². The zero-order valence-electron chi connectivity index (χ0n) is 17.3. The molecule has 0 fully saturated rings. The molecule has 2 aromatic rings. The summed E-state index contributed by atoms with van der Waals surface area (Å²) < 4.78 is 4.80. The van der Waals surface area contributed by atoms with Gasteiger partial charge in [0.15, 0.2) is 6.40 Å². The van der Waals surface area contributed by atoms with Crippen LogP contribution in [0.25, 0.3) is 5.57 Å². The minimum Gasteiger partial charge on any atom is -0.506 e. The fourth-order valence-electron chi connectivity index (χ4n) is 3.23. The van der Waals surface area contributed by atoms with Crippen molar-refractivity contribution < 1.29 is 29.3 Å². The number of anilines is 1. The van der Waals surface area contributed by atoms with Crippen LogP contribution in [0.1, 0.15) is 28.4 Å². The molecule has 0 saturated carbocycles. The number of aromatic carboxylic acids is 1. The molecular weight excluding hydrogens is 412 g/mol. The van der Waals surface area contributed by atoms with E-state index in [0.717, 1.165) is 6.40 Å². The van der Waals surface area contributed by atoms with Crippen molar-refractivity contribution in [2.24, 2.45) is 4.99 Å². The summed E-state index contributed by atoms with van der Waals surface area (Å²) >= 11 is 0. The second-order valence-electron chi connectivity index (χ2n) is 6.79. The van der Waals surface area contributed by atoms with Gasteiger partial charge in [0, 0.05) is 6.92 Å². The number of ketones is 1. The Morgan fingerprint density at radius 3 is 2.47 bits per heavy atom. The number of nitrogens with one attached hydrogen (secondary N) is 1. The number of nitrogens with zero attached hydrogens (tertiary/aromatic N) is 1. The third kappa shape index (κ3) is 4.81. The summed E-state index contributed by atoms with van der Waals surface area (Å²) in [6.45, 7) is 1.31. The van der Waals surface area contributed by atoms with E-state index in [2.05, 4.69) is 10.3 Å². The standard InChI is InChI=1S/C24H20N2O6/c1-14(27)26-20-12-16(8-10-22(20)29)23(17-5-3-4-6-18(17)24(30)31)15-7-9-21(28)19(11-15)25-13-32-2/h3-13,29H,1-2H3,(H,26,27)(H,30,31). The van der Waals surface area contributed by atoms with Gasteiger partial charge in [-0.15, -0.1) is 0 Å². The Morgan fingerprint density at radius 2 is 1.81 bits per heavy atom. The largest absolute Gasteiger partial charge is 0.506 e. The molecule has 0 spiro atoms. The highest BCUT2D eigenvalue weighted by molar-refractivity contribution is 6.08. The molecule has 0 radical (unpaired) electrons. The van der Waals surface area contributed by atoms with Gasteiger partial charge < -0.3 is 20.3 Å². The number of carbonyl (C=O) groups excluding carboxylic acids is 2. The smallest absolute Gasteiger partial charge is 0.336 e. The lowest BCUT2D eigenvalue weighted by atomic mass is 9.87. The molecule has 1 amide bonds. The van der Waals surface area contributed by atoms with Crippen LogP contribution in [0, 0.1) is 0 Å². The molecule has 3 N–H and O–H groups in total. The number of hydrogen-bond donors (Lipinski definition) is 3.